The molecule has 1 aromatic heterocycles. The van der Waals surface area contributed by atoms with E-state index in [1.54, 1.807) is 43.0 Å². The molecule has 1 aliphatic heterocycles. The molecule has 0 aliphatic carbocycles. The number of carboxylic acid groups (broad SMARTS) is 1. The Bertz CT molecular complexity index is 731. The first-order chi connectivity index (χ1) is 10.5. The highest BCUT2D eigenvalue weighted by Gasteiger charge is 2.36. The van der Waals surface area contributed by atoms with Gasteiger partial charge in [0.15, 0.2) is 0 Å². The van der Waals surface area contributed by atoms with Crippen molar-refractivity contribution in [3.63, 3.8) is 0 Å². The Hall–Kier alpha value is -2.63. The number of amides is 1. The highest BCUT2D eigenvalue weighted by Crippen LogP contribution is 2.36. The van der Waals surface area contributed by atoms with E-state index in [4.69, 9.17) is 4.52 Å². The first kappa shape index (κ1) is 14.3. The summed E-state index contributed by atoms with van der Waals surface area (Å²) in [6.45, 7) is 3.72. The molecule has 22 heavy (non-hydrogen) atoms. The van der Waals surface area contributed by atoms with E-state index in [2.05, 4.69) is 5.16 Å². The summed E-state index contributed by atoms with van der Waals surface area (Å²) in [5.74, 6) is -1.12. The fourth-order valence-electron chi connectivity index (χ4n) is 2.86. The molecule has 0 bridgehead atoms. The van der Waals surface area contributed by atoms with E-state index in [0.29, 0.717) is 22.7 Å². The number of carbonyl (C=O) groups is 2. The lowest BCUT2D eigenvalue weighted by Crippen LogP contribution is -2.32. The van der Waals surface area contributed by atoms with Crippen LogP contribution in [0.25, 0.3) is 0 Å². The van der Waals surface area contributed by atoms with Crippen LogP contribution in [0.1, 0.15) is 28.5 Å². The zero-order valence-electron chi connectivity index (χ0n) is 12.4. The third kappa shape index (κ3) is 2.26. The predicted molar refractivity (Wildman–Crippen MR) is 78.9 cm³/mol. The largest absolute Gasteiger partial charge is 0.481 e. The van der Waals surface area contributed by atoms with E-state index in [1.807, 2.05) is 0 Å². The normalized spacial score (nSPS) is 16.6. The summed E-state index contributed by atoms with van der Waals surface area (Å²) < 4.78 is 5.07. The van der Waals surface area contributed by atoms with Crippen LogP contribution in [0.2, 0.25) is 0 Å². The van der Waals surface area contributed by atoms with E-state index in [0.717, 1.165) is 5.56 Å². The van der Waals surface area contributed by atoms with Gasteiger partial charge in [0.25, 0.3) is 0 Å². The van der Waals surface area contributed by atoms with Crippen molar-refractivity contribution in [2.24, 2.45) is 0 Å². The van der Waals surface area contributed by atoms with Gasteiger partial charge in [0.1, 0.15) is 11.7 Å². The predicted octanol–water partition coefficient (Wildman–Crippen LogP) is 2.05. The maximum Gasteiger partial charge on any atom is 0.312 e. The molecule has 1 aromatic carbocycles. The SMILES string of the molecule is Cc1noc(C)c1CC(=O)N1C[C@@H](C(=O)O)c2ccccc21. The molecule has 0 radical (unpaired) electrons. The third-order valence-corrected chi connectivity index (χ3v) is 4.08. The van der Waals surface area contributed by atoms with Gasteiger partial charge in [-0.05, 0) is 25.5 Å². The maximum absolute atomic E-state index is 12.6. The Kier molecular flexibility index (Phi) is 3.44. The van der Waals surface area contributed by atoms with Gasteiger partial charge in [-0.3, -0.25) is 9.59 Å². The summed E-state index contributed by atoms with van der Waals surface area (Å²) in [6, 6.07) is 7.14. The highest BCUT2D eigenvalue weighted by molar-refractivity contribution is 6.00. The van der Waals surface area contributed by atoms with Crippen LogP contribution >= 0.6 is 0 Å². The average molecular weight is 300 g/mol. The monoisotopic (exact) mass is 300 g/mol. The van der Waals surface area contributed by atoms with Gasteiger partial charge >= 0.3 is 5.97 Å². The fraction of sp³-hybridized carbons (Fsp3) is 0.312. The fourth-order valence-corrected chi connectivity index (χ4v) is 2.86. The highest BCUT2D eigenvalue weighted by atomic mass is 16.5. The molecule has 0 fully saturated rings. The molecule has 0 unspecified atom stereocenters. The molecular weight excluding hydrogens is 284 g/mol. The van der Waals surface area contributed by atoms with Gasteiger partial charge in [0.05, 0.1) is 12.1 Å². The first-order valence-corrected chi connectivity index (χ1v) is 7.03. The minimum atomic E-state index is -0.917. The second kappa shape index (κ2) is 5.29. The molecule has 114 valence electrons. The minimum Gasteiger partial charge on any atom is -0.481 e. The van der Waals surface area contributed by atoms with E-state index in [-0.39, 0.29) is 18.9 Å². The number of anilines is 1. The summed E-state index contributed by atoms with van der Waals surface area (Å²) in [5, 5.41) is 13.2. The average Bonchev–Trinajstić information content (AvgIpc) is 3.02. The Labute approximate surface area is 127 Å². The Balaban J connectivity index is 1.90. The molecule has 3 rings (SSSR count). The van der Waals surface area contributed by atoms with Crippen LogP contribution in [0.15, 0.2) is 28.8 Å². The Morgan fingerprint density at radius 1 is 1.36 bits per heavy atom. The van der Waals surface area contributed by atoms with Crippen molar-refractivity contribution in [3.05, 3.63) is 46.8 Å². The number of carboxylic acids is 1. The standard InChI is InChI=1S/C16H16N2O4/c1-9-12(10(2)22-17-9)7-15(19)18-8-13(16(20)21)11-5-3-4-6-14(11)18/h3-6,13H,7-8H2,1-2H3,(H,20,21)/t13-/m1/s1. The summed E-state index contributed by atoms with van der Waals surface area (Å²) in [4.78, 5) is 25.5. The van der Waals surface area contributed by atoms with Gasteiger partial charge < -0.3 is 14.5 Å². The van der Waals surface area contributed by atoms with Crippen molar-refractivity contribution in [1.82, 2.24) is 5.16 Å². The van der Waals surface area contributed by atoms with Crippen molar-refractivity contribution < 1.29 is 19.2 Å². The second-order valence-electron chi connectivity index (χ2n) is 5.43. The molecule has 0 spiro atoms. The van der Waals surface area contributed by atoms with E-state index in [9.17, 15) is 14.7 Å². The van der Waals surface area contributed by atoms with E-state index < -0.39 is 11.9 Å². The van der Waals surface area contributed by atoms with E-state index in [1.165, 1.54) is 0 Å². The van der Waals surface area contributed by atoms with Crippen molar-refractivity contribution in [1.29, 1.82) is 0 Å². The van der Waals surface area contributed by atoms with Gasteiger partial charge in [-0.15, -0.1) is 0 Å². The third-order valence-electron chi connectivity index (χ3n) is 4.08. The molecule has 2 heterocycles. The van der Waals surface area contributed by atoms with Gasteiger partial charge in [-0.25, -0.2) is 0 Å². The molecule has 1 N–H and O–H groups in total. The van der Waals surface area contributed by atoms with E-state index >= 15 is 0 Å². The topological polar surface area (TPSA) is 83.6 Å². The minimum absolute atomic E-state index is 0.148. The molecule has 6 heteroatoms. The molecule has 1 atom stereocenters. The van der Waals surface area contributed by atoms with Crippen LogP contribution in [0.3, 0.4) is 0 Å². The number of fused-ring (bicyclic) bond motifs is 1. The lowest BCUT2D eigenvalue weighted by molar-refractivity contribution is -0.138. The van der Waals surface area contributed by atoms with Crippen LogP contribution in [-0.2, 0) is 16.0 Å². The number of aliphatic carboxylic acids is 1. The van der Waals surface area contributed by atoms with Crippen molar-refractivity contribution in [3.8, 4) is 0 Å². The zero-order chi connectivity index (χ0) is 15.9. The van der Waals surface area contributed by atoms with Crippen LogP contribution in [0.4, 0.5) is 5.69 Å². The molecule has 0 saturated carbocycles. The second-order valence-corrected chi connectivity index (χ2v) is 5.43. The van der Waals surface area contributed by atoms with Gasteiger partial charge in [0.2, 0.25) is 5.91 Å². The van der Waals surface area contributed by atoms with Crippen LogP contribution < -0.4 is 4.90 Å². The number of carbonyl (C=O) groups excluding carboxylic acids is 1. The van der Waals surface area contributed by atoms with Gasteiger partial charge in [-0.1, -0.05) is 23.4 Å². The number of rotatable bonds is 3. The lowest BCUT2D eigenvalue weighted by Gasteiger charge is -2.17. The summed E-state index contributed by atoms with van der Waals surface area (Å²) >= 11 is 0. The van der Waals surface area contributed by atoms with Crippen molar-refractivity contribution in [2.45, 2.75) is 26.2 Å². The molecule has 1 amide bonds. The molecule has 2 aromatic rings. The van der Waals surface area contributed by atoms with Crippen LogP contribution in [0, 0.1) is 13.8 Å². The zero-order valence-corrected chi connectivity index (χ0v) is 12.4. The Morgan fingerprint density at radius 3 is 2.73 bits per heavy atom. The lowest BCUT2D eigenvalue weighted by atomic mass is 10.0. The van der Waals surface area contributed by atoms with Crippen LogP contribution in [0.5, 0.6) is 0 Å². The first-order valence-electron chi connectivity index (χ1n) is 7.03. The Morgan fingerprint density at radius 2 is 2.09 bits per heavy atom. The number of aryl methyl sites for hydroxylation is 2. The number of nitrogens with zero attached hydrogens (tertiary/aromatic N) is 2. The number of hydrogen-bond donors (Lipinski definition) is 1. The molecule has 0 saturated heterocycles. The summed E-state index contributed by atoms with van der Waals surface area (Å²) in [6.07, 6.45) is 0.155. The number of para-hydroxylation sites is 1. The maximum atomic E-state index is 12.6. The van der Waals surface area contributed by atoms with Gasteiger partial charge in [-0.2, -0.15) is 0 Å². The van der Waals surface area contributed by atoms with Crippen LogP contribution in [-0.4, -0.2) is 28.7 Å². The quantitative estimate of drug-likeness (QED) is 0.938. The van der Waals surface area contributed by atoms with Crippen molar-refractivity contribution in [2.75, 3.05) is 11.4 Å². The van der Waals surface area contributed by atoms with Crippen molar-refractivity contribution >= 4 is 17.6 Å². The molecular formula is C16H16N2O4. The molecule has 6 nitrogen and oxygen atoms in total. The summed E-state index contributed by atoms with van der Waals surface area (Å²) in [5.41, 5.74) is 2.81. The number of benzene rings is 1. The summed E-state index contributed by atoms with van der Waals surface area (Å²) in [7, 11) is 0. The molecule has 1 aliphatic rings. The smallest absolute Gasteiger partial charge is 0.312 e. The number of aromatic nitrogens is 1. The number of hydrogen-bond acceptors (Lipinski definition) is 4. The van der Waals surface area contributed by atoms with Gasteiger partial charge in [0, 0.05) is 17.8 Å².